The third-order valence-electron chi connectivity index (χ3n) is 3.84. The molecule has 138 valence electrons. The smallest absolute Gasteiger partial charge is 0.347 e. The monoisotopic (exact) mass is 377 g/mol. The number of nitro groups is 1. The van der Waals surface area contributed by atoms with Gasteiger partial charge in [-0.15, -0.1) is 11.3 Å². The van der Waals surface area contributed by atoms with Crippen LogP contribution in [0.3, 0.4) is 0 Å². The van der Waals surface area contributed by atoms with E-state index in [9.17, 15) is 19.7 Å². The fourth-order valence-electron chi connectivity index (χ4n) is 2.47. The van der Waals surface area contributed by atoms with E-state index in [1.165, 1.54) is 6.07 Å². The van der Waals surface area contributed by atoms with E-state index in [-0.39, 0.29) is 22.0 Å². The number of hydrogen-bond acceptors (Lipinski definition) is 6. The highest BCUT2D eigenvalue weighted by atomic mass is 32.1. The second-order valence-corrected chi connectivity index (χ2v) is 7.18. The van der Waals surface area contributed by atoms with Crippen LogP contribution in [-0.4, -0.2) is 26.9 Å². The molecule has 0 saturated carbocycles. The Hall–Kier alpha value is -2.81. The summed E-state index contributed by atoms with van der Waals surface area (Å²) in [7, 11) is 0. The first-order valence-corrected chi connectivity index (χ1v) is 8.73. The number of nitro benzene ring substituents is 1. The summed E-state index contributed by atoms with van der Waals surface area (Å²) in [6, 6.07) is 3.86. The number of nitrogens with one attached hydrogen (secondary N) is 1. The van der Waals surface area contributed by atoms with E-state index in [1.54, 1.807) is 26.0 Å². The summed E-state index contributed by atoms with van der Waals surface area (Å²) >= 11 is 0.994. The molecule has 0 fully saturated rings. The van der Waals surface area contributed by atoms with Crippen molar-refractivity contribution in [2.75, 3.05) is 0 Å². The van der Waals surface area contributed by atoms with Crippen LogP contribution in [-0.2, 0) is 0 Å². The van der Waals surface area contributed by atoms with Crippen molar-refractivity contribution in [3.63, 3.8) is 0 Å². The molecule has 0 bridgehead atoms. The first-order valence-electron chi connectivity index (χ1n) is 7.91. The molecule has 0 aliphatic carbocycles. The molecule has 1 aromatic carbocycles. The highest BCUT2D eigenvalue weighted by Gasteiger charge is 2.22. The van der Waals surface area contributed by atoms with E-state index < -0.39 is 22.8 Å². The Labute approximate surface area is 154 Å². The lowest BCUT2D eigenvalue weighted by Crippen LogP contribution is -2.26. The van der Waals surface area contributed by atoms with Crippen molar-refractivity contribution < 1.29 is 19.6 Å². The third kappa shape index (κ3) is 4.05. The highest BCUT2D eigenvalue weighted by Crippen LogP contribution is 2.28. The zero-order chi connectivity index (χ0) is 19.6. The normalized spacial score (nSPS) is 12.0. The van der Waals surface area contributed by atoms with Crippen molar-refractivity contribution >= 4 is 28.9 Å². The molecule has 26 heavy (non-hydrogen) atoms. The topological polar surface area (TPSA) is 122 Å². The summed E-state index contributed by atoms with van der Waals surface area (Å²) in [6.45, 7) is 6.95. The van der Waals surface area contributed by atoms with E-state index in [4.69, 9.17) is 5.11 Å². The van der Waals surface area contributed by atoms with E-state index in [2.05, 4.69) is 10.3 Å². The summed E-state index contributed by atoms with van der Waals surface area (Å²) in [4.78, 5) is 38.6. The molecule has 2 aromatic rings. The minimum Gasteiger partial charge on any atom is -0.477 e. The number of rotatable bonds is 6. The first kappa shape index (κ1) is 19.5. The predicted molar refractivity (Wildman–Crippen MR) is 96.9 cm³/mol. The van der Waals surface area contributed by atoms with Gasteiger partial charge in [0.05, 0.1) is 16.7 Å². The molecule has 2 rings (SSSR count). The van der Waals surface area contributed by atoms with Gasteiger partial charge in [-0.1, -0.05) is 19.9 Å². The zero-order valence-corrected chi connectivity index (χ0v) is 15.6. The van der Waals surface area contributed by atoms with Gasteiger partial charge in [0.2, 0.25) is 0 Å². The molecule has 1 amide bonds. The van der Waals surface area contributed by atoms with Gasteiger partial charge in [0.15, 0.2) is 0 Å². The molecule has 0 aliphatic heterocycles. The lowest BCUT2D eigenvalue weighted by atomic mass is 9.99. The SMILES string of the molecule is Cc1nc(C(C)NC(=O)c2ccc(C(C)C)c([N+](=O)[O-])c2)sc1C(=O)O. The van der Waals surface area contributed by atoms with Gasteiger partial charge in [0.1, 0.15) is 9.88 Å². The third-order valence-corrected chi connectivity index (χ3v) is 5.16. The van der Waals surface area contributed by atoms with Gasteiger partial charge in [0.25, 0.3) is 11.6 Å². The van der Waals surface area contributed by atoms with Crippen LogP contribution in [0, 0.1) is 17.0 Å². The van der Waals surface area contributed by atoms with Gasteiger partial charge in [-0.05, 0) is 25.8 Å². The van der Waals surface area contributed by atoms with E-state index in [1.807, 2.05) is 13.8 Å². The molecule has 1 aromatic heterocycles. The minimum atomic E-state index is -1.07. The van der Waals surface area contributed by atoms with Crippen LogP contribution in [0.25, 0.3) is 0 Å². The van der Waals surface area contributed by atoms with Gasteiger partial charge < -0.3 is 10.4 Å². The van der Waals surface area contributed by atoms with Crippen LogP contribution < -0.4 is 5.32 Å². The molecule has 0 spiro atoms. The Kier molecular flexibility index (Phi) is 5.71. The number of aromatic carboxylic acids is 1. The number of benzene rings is 1. The van der Waals surface area contributed by atoms with Crippen LogP contribution in [0.1, 0.15) is 69.0 Å². The molecule has 2 N–H and O–H groups in total. The maximum Gasteiger partial charge on any atom is 0.347 e. The molecule has 1 heterocycles. The number of aromatic nitrogens is 1. The Bertz CT molecular complexity index is 875. The predicted octanol–water partition coefficient (Wildman–Crippen LogP) is 3.67. The van der Waals surface area contributed by atoms with E-state index in [0.29, 0.717) is 16.3 Å². The number of carboxylic acid groups (broad SMARTS) is 1. The van der Waals surface area contributed by atoms with E-state index >= 15 is 0 Å². The zero-order valence-electron chi connectivity index (χ0n) is 14.8. The number of nitrogens with zero attached hydrogens (tertiary/aromatic N) is 2. The van der Waals surface area contributed by atoms with Crippen molar-refractivity contribution in [1.82, 2.24) is 10.3 Å². The van der Waals surface area contributed by atoms with Gasteiger partial charge in [-0.3, -0.25) is 14.9 Å². The molecule has 1 atom stereocenters. The average molecular weight is 377 g/mol. The van der Waals surface area contributed by atoms with Crippen LogP contribution in [0.15, 0.2) is 18.2 Å². The lowest BCUT2D eigenvalue weighted by Gasteiger charge is -2.12. The quantitative estimate of drug-likeness (QED) is 0.585. The molecule has 8 nitrogen and oxygen atoms in total. The number of carbonyl (C=O) groups excluding carboxylic acids is 1. The standard InChI is InChI=1S/C17H19N3O5S/c1-8(2)12-6-5-11(7-13(12)20(24)25)15(21)18-10(4)16-19-9(3)14(26-16)17(22)23/h5-8,10H,1-4H3,(H,18,21)(H,22,23). The first-order chi connectivity index (χ1) is 12.1. The van der Waals surface area contributed by atoms with Crippen LogP contribution >= 0.6 is 11.3 Å². The number of carbonyl (C=O) groups is 2. The molecule has 0 radical (unpaired) electrons. The summed E-state index contributed by atoms with van der Waals surface area (Å²) in [5.41, 5.74) is 1.01. The minimum absolute atomic E-state index is 0.0424. The second kappa shape index (κ2) is 7.61. The Morgan fingerprint density at radius 2 is 1.96 bits per heavy atom. The van der Waals surface area contributed by atoms with Crippen molar-refractivity contribution in [3.8, 4) is 0 Å². The summed E-state index contributed by atoms with van der Waals surface area (Å²) in [6.07, 6.45) is 0. The Balaban J connectivity index is 2.24. The van der Waals surface area contributed by atoms with Gasteiger partial charge in [-0.2, -0.15) is 0 Å². The molecule has 0 saturated heterocycles. The van der Waals surface area contributed by atoms with Crippen LogP contribution in [0.5, 0.6) is 0 Å². The van der Waals surface area contributed by atoms with Crippen LogP contribution in [0.4, 0.5) is 5.69 Å². The maximum atomic E-state index is 12.4. The fraction of sp³-hybridized carbons (Fsp3) is 0.353. The maximum absolute atomic E-state index is 12.4. The molecule has 9 heteroatoms. The Morgan fingerprint density at radius 3 is 2.46 bits per heavy atom. The molecule has 0 aliphatic rings. The highest BCUT2D eigenvalue weighted by molar-refractivity contribution is 7.13. The molecular weight excluding hydrogens is 358 g/mol. The Morgan fingerprint density at radius 1 is 1.31 bits per heavy atom. The van der Waals surface area contributed by atoms with Crippen molar-refractivity contribution in [3.05, 3.63) is 55.0 Å². The van der Waals surface area contributed by atoms with Gasteiger partial charge in [-0.25, -0.2) is 9.78 Å². The summed E-state index contributed by atoms with van der Waals surface area (Å²) in [5.74, 6) is -1.59. The van der Waals surface area contributed by atoms with Crippen LogP contribution in [0.2, 0.25) is 0 Å². The average Bonchev–Trinajstić information content (AvgIpc) is 2.96. The van der Waals surface area contributed by atoms with Gasteiger partial charge >= 0.3 is 5.97 Å². The fourth-order valence-corrected chi connectivity index (χ4v) is 3.38. The summed E-state index contributed by atoms with van der Waals surface area (Å²) in [5, 5.41) is 23.5. The largest absolute Gasteiger partial charge is 0.477 e. The molecular formula is C17H19N3O5S. The molecule has 1 unspecified atom stereocenters. The van der Waals surface area contributed by atoms with Crippen molar-refractivity contribution in [2.24, 2.45) is 0 Å². The van der Waals surface area contributed by atoms with E-state index in [0.717, 1.165) is 11.3 Å². The second-order valence-electron chi connectivity index (χ2n) is 6.15. The number of aryl methyl sites for hydroxylation is 1. The number of carboxylic acids is 1. The van der Waals surface area contributed by atoms with Crippen molar-refractivity contribution in [2.45, 2.75) is 39.7 Å². The summed E-state index contributed by atoms with van der Waals surface area (Å²) < 4.78 is 0. The van der Waals surface area contributed by atoms with Crippen molar-refractivity contribution in [1.29, 1.82) is 0 Å². The number of amides is 1. The number of hydrogen-bond donors (Lipinski definition) is 2. The van der Waals surface area contributed by atoms with Gasteiger partial charge in [0, 0.05) is 17.2 Å². The number of thiazole rings is 1. The lowest BCUT2D eigenvalue weighted by molar-refractivity contribution is -0.385.